The SMILES string of the molecule is CCCN1CCC(c2cc3c(N[C@H](C)c4cccc(C(F)F)c4F)ncnc3n(C)c2=O)CC1. The van der Waals surface area contributed by atoms with Crippen LogP contribution in [0.4, 0.5) is 19.0 Å². The Labute approximate surface area is 196 Å². The topological polar surface area (TPSA) is 63.0 Å². The highest BCUT2D eigenvalue weighted by molar-refractivity contribution is 5.87. The van der Waals surface area contributed by atoms with Gasteiger partial charge in [-0.1, -0.05) is 25.1 Å². The second-order valence-corrected chi connectivity index (χ2v) is 8.96. The highest BCUT2D eigenvalue weighted by Gasteiger charge is 2.25. The van der Waals surface area contributed by atoms with Gasteiger partial charge in [-0.05, 0) is 57.8 Å². The van der Waals surface area contributed by atoms with Crippen molar-refractivity contribution in [3.8, 4) is 0 Å². The number of nitrogens with one attached hydrogen (secondary N) is 1. The molecule has 1 saturated heterocycles. The van der Waals surface area contributed by atoms with Crippen LogP contribution < -0.4 is 10.9 Å². The van der Waals surface area contributed by atoms with Gasteiger partial charge in [-0.2, -0.15) is 0 Å². The van der Waals surface area contributed by atoms with Crippen molar-refractivity contribution in [1.82, 2.24) is 19.4 Å². The van der Waals surface area contributed by atoms with E-state index in [1.54, 1.807) is 14.0 Å². The van der Waals surface area contributed by atoms with Crippen molar-refractivity contribution < 1.29 is 13.2 Å². The van der Waals surface area contributed by atoms with Crippen LogP contribution in [0.5, 0.6) is 0 Å². The molecular formula is C25H30F3N5O. The van der Waals surface area contributed by atoms with E-state index in [9.17, 15) is 18.0 Å². The van der Waals surface area contributed by atoms with Gasteiger partial charge >= 0.3 is 0 Å². The summed E-state index contributed by atoms with van der Waals surface area (Å²) < 4.78 is 42.5. The zero-order valence-electron chi connectivity index (χ0n) is 19.7. The van der Waals surface area contributed by atoms with Crippen LogP contribution in [0.25, 0.3) is 11.0 Å². The fourth-order valence-corrected chi connectivity index (χ4v) is 4.84. The Balaban J connectivity index is 1.68. The molecule has 6 nitrogen and oxygen atoms in total. The molecule has 0 bridgehead atoms. The van der Waals surface area contributed by atoms with E-state index in [0.29, 0.717) is 16.9 Å². The number of rotatable bonds is 7. The summed E-state index contributed by atoms with van der Waals surface area (Å²) in [5.41, 5.74) is 0.608. The van der Waals surface area contributed by atoms with E-state index in [4.69, 9.17) is 0 Å². The van der Waals surface area contributed by atoms with E-state index in [2.05, 4.69) is 27.1 Å². The molecule has 182 valence electrons. The number of piperidine rings is 1. The van der Waals surface area contributed by atoms with Crippen molar-refractivity contribution in [2.24, 2.45) is 7.05 Å². The zero-order valence-corrected chi connectivity index (χ0v) is 19.7. The smallest absolute Gasteiger partial charge is 0.266 e. The number of halogens is 3. The van der Waals surface area contributed by atoms with Gasteiger partial charge in [0, 0.05) is 18.2 Å². The minimum atomic E-state index is -2.90. The molecule has 0 amide bonds. The van der Waals surface area contributed by atoms with Crippen molar-refractivity contribution >= 4 is 16.9 Å². The normalized spacial score (nSPS) is 16.3. The third-order valence-electron chi connectivity index (χ3n) is 6.71. The number of aryl methyl sites for hydroxylation is 1. The summed E-state index contributed by atoms with van der Waals surface area (Å²) >= 11 is 0. The minimum absolute atomic E-state index is 0.0742. The lowest BCUT2D eigenvalue weighted by molar-refractivity contribution is 0.146. The van der Waals surface area contributed by atoms with Crippen LogP contribution in [-0.2, 0) is 7.05 Å². The van der Waals surface area contributed by atoms with Gasteiger partial charge in [-0.25, -0.2) is 23.1 Å². The third-order valence-corrected chi connectivity index (χ3v) is 6.71. The molecule has 4 rings (SSSR count). The Kier molecular flexibility index (Phi) is 7.21. The van der Waals surface area contributed by atoms with Gasteiger partial charge < -0.3 is 10.2 Å². The number of pyridine rings is 1. The first-order valence-electron chi connectivity index (χ1n) is 11.7. The van der Waals surface area contributed by atoms with Crippen molar-refractivity contribution in [2.45, 2.75) is 51.5 Å². The average Bonchev–Trinajstić information content (AvgIpc) is 2.82. The molecule has 34 heavy (non-hydrogen) atoms. The molecule has 1 aliphatic rings. The predicted octanol–water partition coefficient (Wildman–Crippen LogP) is 5.17. The van der Waals surface area contributed by atoms with Crippen LogP contribution in [0.15, 0.2) is 35.4 Å². The highest BCUT2D eigenvalue weighted by atomic mass is 19.3. The number of hydrogen-bond donors (Lipinski definition) is 1. The maximum atomic E-state index is 14.7. The fraction of sp³-hybridized carbons (Fsp3) is 0.480. The summed E-state index contributed by atoms with van der Waals surface area (Å²) in [6.07, 6.45) is 1.35. The van der Waals surface area contributed by atoms with E-state index in [-0.39, 0.29) is 17.0 Å². The molecule has 1 aromatic carbocycles. The Hall–Kier alpha value is -2.94. The van der Waals surface area contributed by atoms with Crippen LogP contribution in [0.2, 0.25) is 0 Å². The van der Waals surface area contributed by atoms with Gasteiger partial charge in [0.25, 0.3) is 12.0 Å². The first-order valence-corrected chi connectivity index (χ1v) is 11.7. The largest absolute Gasteiger partial charge is 0.363 e. The molecule has 1 atom stereocenters. The fourth-order valence-electron chi connectivity index (χ4n) is 4.84. The van der Waals surface area contributed by atoms with E-state index in [1.807, 2.05) is 6.07 Å². The summed E-state index contributed by atoms with van der Waals surface area (Å²) in [7, 11) is 1.69. The molecule has 0 saturated carbocycles. The lowest BCUT2D eigenvalue weighted by Crippen LogP contribution is -2.35. The molecule has 2 aromatic heterocycles. The van der Waals surface area contributed by atoms with Crippen molar-refractivity contribution in [2.75, 3.05) is 25.0 Å². The van der Waals surface area contributed by atoms with Gasteiger partial charge in [0.05, 0.1) is 17.0 Å². The number of nitrogens with zero attached hydrogens (tertiary/aromatic N) is 4. The molecule has 1 aliphatic heterocycles. The van der Waals surface area contributed by atoms with E-state index in [0.717, 1.165) is 50.5 Å². The minimum Gasteiger partial charge on any atom is -0.363 e. The number of anilines is 1. The summed E-state index contributed by atoms with van der Waals surface area (Å²) in [6.45, 7) is 6.82. The molecule has 9 heteroatoms. The highest BCUT2D eigenvalue weighted by Crippen LogP contribution is 2.32. The van der Waals surface area contributed by atoms with Gasteiger partial charge in [0.15, 0.2) is 0 Å². The molecule has 3 heterocycles. The number of alkyl halides is 2. The van der Waals surface area contributed by atoms with E-state index in [1.165, 1.54) is 23.0 Å². The van der Waals surface area contributed by atoms with Gasteiger partial charge in [-0.15, -0.1) is 0 Å². The maximum Gasteiger partial charge on any atom is 0.266 e. The van der Waals surface area contributed by atoms with Crippen LogP contribution in [0.1, 0.15) is 68.2 Å². The number of hydrogen-bond acceptors (Lipinski definition) is 5. The second kappa shape index (κ2) is 10.1. The predicted molar refractivity (Wildman–Crippen MR) is 127 cm³/mol. The first-order chi connectivity index (χ1) is 16.3. The van der Waals surface area contributed by atoms with Gasteiger partial charge in [0.2, 0.25) is 0 Å². The number of benzene rings is 1. The van der Waals surface area contributed by atoms with Gasteiger partial charge in [0.1, 0.15) is 23.6 Å². The Morgan fingerprint density at radius 2 is 1.88 bits per heavy atom. The number of fused-ring (bicyclic) bond motifs is 1. The van der Waals surface area contributed by atoms with Crippen molar-refractivity contribution in [1.29, 1.82) is 0 Å². The van der Waals surface area contributed by atoms with Crippen LogP contribution in [0.3, 0.4) is 0 Å². The van der Waals surface area contributed by atoms with Crippen LogP contribution >= 0.6 is 0 Å². The van der Waals surface area contributed by atoms with E-state index >= 15 is 0 Å². The van der Waals surface area contributed by atoms with Crippen molar-refractivity contribution in [3.05, 3.63) is 63.5 Å². The molecule has 0 unspecified atom stereocenters. The van der Waals surface area contributed by atoms with Crippen LogP contribution in [0, 0.1) is 5.82 Å². The monoisotopic (exact) mass is 473 g/mol. The lowest BCUT2D eigenvalue weighted by atomic mass is 9.89. The van der Waals surface area contributed by atoms with Crippen LogP contribution in [-0.4, -0.2) is 39.1 Å². The third kappa shape index (κ3) is 4.66. The first kappa shape index (κ1) is 24.2. The number of aromatic nitrogens is 3. The summed E-state index contributed by atoms with van der Waals surface area (Å²) in [5.74, 6) is -0.357. The molecule has 0 radical (unpaired) electrons. The Bertz CT molecular complexity index is 1220. The molecule has 0 spiro atoms. The quantitative estimate of drug-likeness (QED) is 0.513. The Morgan fingerprint density at radius 1 is 1.18 bits per heavy atom. The van der Waals surface area contributed by atoms with E-state index < -0.39 is 23.8 Å². The second-order valence-electron chi connectivity index (χ2n) is 8.96. The molecule has 1 N–H and O–H groups in total. The lowest BCUT2D eigenvalue weighted by Gasteiger charge is -2.31. The molecule has 1 fully saturated rings. The average molecular weight is 474 g/mol. The molecule has 3 aromatic rings. The summed E-state index contributed by atoms with van der Waals surface area (Å²) in [6, 6.07) is 5.20. The number of likely N-dealkylation sites (tertiary alicyclic amines) is 1. The van der Waals surface area contributed by atoms with Crippen molar-refractivity contribution in [3.63, 3.8) is 0 Å². The summed E-state index contributed by atoms with van der Waals surface area (Å²) in [4.78, 5) is 24.2. The maximum absolute atomic E-state index is 14.7. The Morgan fingerprint density at radius 3 is 2.56 bits per heavy atom. The zero-order chi connectivity index (χ0) is 24.4. The molecule has 0 aliphatic carbocycles. The van der Waals surface area contributed by atoms with Gasteiger partial charge in [-0.3, -0.25) is 9.36 Å². The summed E-state index contributed by atoms with van der Waals surface area (Å²) in [5, 5.41) is 3.80. The molecular weight excluding hydrogens is 443 g/mol. The standard InChI is InChI=1S/C25H30F3N5O/c1-4-10-33-11-8-16(9-12-33)19-13-20-23(29-14-30-24(20)32(3)25(19)34)31-15(2)17-6-5-7-18(21(17)26)22(27)28/h5-7,13-16,22H,4,8-12H2,1-3H3,(H,29,30,31)/t15-/m1/s1.